The van der Waals surface area contributed by atoms with E-state index >= 15 is 0 Å². The summed E-state index contributed by atoms with van der Waals surface area (Å²) in [4.78, 5) is 2.42. The topological polar surface area (TPSA) is 6.25 Å². The lowest BCUT2D eigenvalue weighted by atomic mass is 9.79. The number of unbranched alkanes of at least 4 members (excludes halogenated alkanes) is 3. The molecule has 44 heavy (non-hydrogen) atoms. The molecule has 4 aromatic rings. The SMILES string of the molecule is CC(C)CCCCC[N+]1=C(/C=C/CC/C=C2/N(C)c3ccc4ccccc4c3C2(C)C)C(C)(C)c2c1ccc1ccccc21. The lowest BCUT2D eigenvalue weighted by Gasteiger charge is -2.24. The molecule has 2 nitrogen and oxygen atoms in total. The minimum atomic E-state index is -0.0422. The van der Waals surface area contributed by atoms with Crippen molar-refractivity contribution in [2.45, 2.75) is 90.9 Å². The lowest BCUT2D eigenvalue weighted by Crippen LogP contribution is -2.28. The molecule has 4 aromatic carbocycles. The van der Waals surface area contributed by atoms with Gasteiger partial charge in [-0.05, 0) is 78.3 Å². The second-order valence-corrected chi connectivity index (χ2v) is 14.5. The van der Waals surface area contributed by atoms with E-state index in [1.807, 2.05) is 0 Å². The van der Waals surface area contributed by atoms with E-state index in [4.69, 9.17) is 0 Å². The third-order valence-corrected chi connectivity index (χ3v) is 10.3. The van der Waals surface area contributed by atoms with Crippen LogP contribution in [0.2, 0.25) is 0 Å². The molecule has 0 aromatic heterocycles. The molecule has 2 heteroatoms. The highest BCUT2D eigenvalue weighted by Gasteiger charge is 2.45. The van der Waals surface area contributed by atoms with Crippen molar-refractivity contribution in [2.75, 3.05) is 18.5 Å². The van der Waals surface area contributed by atoms with Gasteiger partial charge in [-0.3, -0.25) is 0 Å². The standard InChI is InChI=1S/C42H51N2/c1-30(2)18-10-9-17-29-44-36-28-26-32-20-14-16-22-34(32)40(36)42(5,6)38(44)24-12-8-11-23-37-41(3,4)39-33-21-15-13-19-31(33)25-27-35(39)43(37)7/h12-16,19-28,30H,8-11,17-18,29H2,1-7H3/q+1/b24-12+,37-23+. The van der Waals surface area contributed by atoms with Crippen LogP contribution in [-0.2, 0) is 10.8 Å². The highest BCUT2D eigenvalue weighted by molar-refractivity contribution is 6.07. The monoisotopic (exact) mass is 583 g/mol. The normalized spacial score (nSPS) is 18.0. The maximum absolute atomic E-state index is 2.64. The van der Waals surface area contributed by atoms with Crippen LogP contribution in [0.25, 0.3) is 21.5 Å². The lowest BCUT2D eigenvalue weighted by molar-refractivity contribution is -0.438. The number of fused-ring (bicyclic) bond motifs is 6. The van der Waals surface area contributed by atoms with Crippen molar-refractivity contribution in [1.82, 2.24) is 0 Å². The summed E-state index contributed by atoms with van der Waals surface area (Å²) in [5.41, 5.74) is 8.47. The van der Waals surface area contributed by atoms with Gasteiger partial charge in [0.15, 0.2) is 5.71 Å². The number of benzene rings is 4. The highest BCUT2D eigenvalue weighted by Crippen LogP contribution is 2.50. The van der Waals surface area contributed by atoms with Crippen LogP contribution in [0.3, 0.4) is 0 Å². The predicted molar refractivity (Wildman–Crippen MR) is 192 cm³/mol. The van der Waals surface area contributed by atoms with E-state index in [-0.39, 0.29) is 10.8 Å². The molecule has 0 fully saturated rings. The Kier molecular flexibility index (Phi) is 8.31. The molecule has 0 amide bonds. The quantitative estimate of drug-likeness (QED) is 0.133. The first kappa shape index (κ1) is 30.4. The van der Waals surface area contributed by atoms with Gasteiger partial charge in [-0.15, -0.1) is 0 Å². The zero-order valence-electron chi connectivity index (χ0n) is 28.1. The van der Waals surface area contributed by atoms with E-state index in [0.717, 1.165) is 25.3 Å². The first-order valence-corrected chi connectivity index (χ1v) is 16.9. The van der Waals surface area contributed by atoms with E-state index < -0.39 is 0 Å². The molecule has 6 rings (SSSR count). The molecular formula is C42H51N2+. The van der Waals surface area contributed by atoms with Gasteiger partial charge < -0.3 is 4.90 Å². The van der Waals surface area contributed by atoms with Gasteiger partial charge in [-0.2, -0.15) is 4.58 Å². The van der Waals surface area contributed by atoms with Gasteiger partial charge >= 0.3 is 0 Å². The van der Waals surface area contributed by atoms with Gasteiger partial charge in [-0.25, -0.2) is 0 Å². The van der Waals surface area contributed by atoms with Crippen LogP contribution in [-0.4, -0.2) is 23.9 Å². The Morgan fingerprint density at radius 2 is 1.39 bits per heavy atom. The summed E-state index contributed by atoms with van der Waals surface area (Å²) in [6.45, 7) is 15.4. The van der Waals surface area contributed by atoms with Crippen molar-refractivity contribution in [3.8, 4) is 0 Å². The molecule has 0 unspecified atom stereocenters. The van der Waals surface area contributed by atoms with Gasteiger partial charge in [0.1, 0.15) is 6.54 Å². The van der Waals surface area contributed by atoms with E-state index in [0.29, 0.717) is 0 Å². The van der Waals surface area contributed by atoms with Gasteiger partial charge in [0.2, 0.25) is 5.69 Å². The zero-order valence-corrected chi connectivity index (χ0v) is 28.1. The van der Waals surface area contributed by atoms with E-state index in [1.165, 1.54) is 81.1 Å². The Morgan fingerprint density at radius 1 is 0.727 bits per heavy atom. The van der Waals surface area contributed by atoms with Crippen LogP contribution in [0.4, 0.5) is 11.4 Å². The fraction of sp³-hybridized carbons (Fsp3) is 0.405. The van der Waals surface area contributed by atoms with Gasteiger partial charge in [0.25, 0.3) is 0 Å². The summed E-state index contributed by atoms with van der Waals surface area (Å²) < 4.78 is 2.64. The van der Waals surface area contributed by atoms with E-state index in [2.05, 4.69) is 149 Å². The van der Waals surface area contributed by atoms with Gasteiger partial charge in [0.05, 0.1) is 5.41 Å². The molecule has 228 valence electrons. The number of anilines is 1. The summed E-state index contributed by atoms with van der Waals surface area (Å²) in [5.74, 6) is 0.788. The van der Waals surface area contributed by atoms with Crippen LogP contribution in [0, 0.1) is 5.92 Å². The molecule has 2 aliphatic rings. The van der Waals surface area contributed by atoms with Crippen molar-refractivity contribution in [3.63, 3.8) is 0 Å². The number of hydrogen-bond acceptors (Lipinski definition) is 1. The number of allylic oxidation sites excluding steroid dienone is 4. The Hall–Kier alpha value is -3.65. The minimum absolute atomic E-state index is 0.0219. The summed E-state index contributed by atoms with van der Waals surface area (Å²) in [5, 5.41) is 5.43. The predicted octanol–water partition coefficient (Wildman–Crippen LogP) is 11.2. The Labute approximate surface area is 265 Å². The molecule has 0 atom stereocenters. The maximum atomic E-state index is 2.64. The summed E-state index contributed by atoms with van der Waals surface area (Å²) in [6.07, 6.45) is 14.6. The highest BCUT2D eigenvalue weighted by atomic mass is 15.2. The second kappa shape index (κ2) is 12.0. The van der Waals surface area contributed by atoms with Crippen molar-refractivity contribution in [2.24, 2.45) is 5.92 Å². The minimum Gasteiger partial charge on any atom is -0.347 e. The summed E-state index contributed by atoms with van der Waals surface area (Å²) >= 11 is 0. The first-order chi connectivity index (χ1) is 21.1. The Morgan fingerprint density at radius 3 is 2.09 bits per heavy atom. The molecule has 0 bridgehead atoms. The van der Waals surface area contributed by atoms with Crippen LogP contribution < -0.4 is 4.90 Å². The number of rotatable bonds is 10. The smallest absolute Gasteiger partial charge is 0.210 e. The van der Waals surface area contributed by atoms with Crippen LogP contribution in [0.5, 0.6) is 0 Å². The molecule has 0 saturated heterocycles. The molecule has 0 radical (unpaired) electrons. The average molecular weight is 584 g/mol. The van der Waals surface area contributed by atoms with Gasteiger partial charge in [-0.1, -0.05) is 107 Å². The van der Waals surface area contributed by atoms with Crippen LogP contribution >= 0.6 is 0 Å². The number of nitrogens with zero attached hydrogens (tertiary/aromatic N) is 2. The number of hydrogen-bond donors (Lipinski definition) is 0. The van der Waals surface area contributed by atoms with Crippen molar-refractivity contribution in [3.05, 3.63) is 108 Å². The van der Waals surface area contributed by atoms with E-state index in [1.54, 1.807) is 0 Å². The fourth-order valence-corrected chi connectivity index (χ4v) is 8.05. The first-order valence-electron chi connectivity index (χ1n) is 16.9. The maximum Gasteiger partial charge on any atom is 0.210 e. The molecule has 0 saturated carbocycles. The molecule has 2 aliphatic heterocycles. The Bertz CT molecular complexity index is 1780. The van der Waals surface area contributed by atoms with Crippen LogP contribution in [0.15, 0.2) is 96.7 Å². The zero-order chi connectivity index (χ0) is 31.1. The van der Waals surface area contributed by atoms with Crippen molar-refractivity contribution >= 4 is 38.6 Å². The van der Waals surface area contributed by atoms with Crippen molar-refractivity contribution < 1.29 is 4.58 Å². The van der Waals surface area contributed by atoms with Gasteiger partial charge in [0, 0.05) is 48.0 Å². The largest absolute Gasteiger partial charge is 0.347 e. The van der Waals surface area contributed by atoms with Crippen molar-refractivity contribution in [1.29, 1.82) is 0 Å². The number of likely N-dealkylation sites (N-methyl/N-ethyl adjacent to an activating group) is 1. The second-order valence-electron chi connectivity index (χ2n) is 14.5. The van der Waals surface area contributed by atoms with E-state index in [9.17, 15) is 0 Å². The molecular weight excluding hydrogens is 532 g/mol. The third-order valence-electron chi connectivity index (χ3n) is 10.3. The Balaban J connectivity index is 1.24. The molecule has 0 spiro atoms. The third kappa shape index (κ3) is 5.31. The average Bonchev–Trinajstić information content (AvgIpc) is 3.34. The fourth-order valence-electron chi connectivity index (χ4n) is 8.05. The summed E-state index contributed by atoms with van der Waals surface area (Å²) in [6, 6.07) is 27.0. The molecule has 2 heterocycles. The van der Waals surface area contributed by atoms with Crippen LogP contribution in [0.1, 0.15) is 91.2 Å². The summed E-state index contributed by atoms with van der Waals surface area (Å²) in [7, 11) is 2.24. The molecule has 0 N–H and O–H groups in total. The molecule has 0 aliphatic carbocycles.